The maximum atomic E-state index is 6.13. The Morgan fingerprint density at radius 3 is 2.82 bits per heavy atom. The quantitative estimate of drug-likeness (QED) is 0.782. The van der Waals surface area contributed by atoms with Crippen molar-refractivity contribution in [3.05, 3.63) is 28.8 Å². The number of anilines is 1. The van der Waals surface area contributed by atoms with Gasteiger partial charge in [-0.3, -0.25) is 0 Å². The van der Waals surface area contributed by atoms with Crippen LogP contribution in [0.1, 0.15) is 19.4 Å². The Hall–Kier alpha value is -0.840. The van der Waals surface area contributed by atoms with Crippen LogP contribution in [-0.2, 0) is 4.74 Å². The number of rotatable bonds is 6. The maximum Gasteiger partial charge on any atom is 0.104 e. The summed E-state index contributed by atoms with van der Waals surface area (Å²) in [5, 5.41) is 3.88. The molecule has 0 aromatic heterocycles. The van der Waals surface area contributed by atoms with Crippen molar-refractivity contribution < 1.29 is 4.74 Å². The molecule has 0 aliphatic heterocycles. The first-order valence-corrected chi connectivity index (χ1v) is 6.26. The van der Waals surface area contributed by atoms with Gasteiger partial charge in [-0.05, 0) is 32.0 Å². The number of halogens is 1. The molecule has 0 saturated heterocycles. The van der Waals surface area contributed by atoms with E-state index in [2.05, 4.69) is 5.32 Å². The van der Waals surface area contributed by atoms with Crippen molar-refractivity contribution in [3.8, 4) is 0 Å². The van der Waals surface area contributed by atoms with Gasteiger partial charge in [0, 0.05) is 18.2 Å². The second kappa shape index (κ2) is 6.79. The van der Waals surface area contributed by atoms with Crippen LogP contribution in [0.3, 0.4) is 0 Å². The molecule has 0 aliphatic carbocycles. The summed E-state index contributed by atoms with van der Waals surface area (Å²) >= 11 is 11.0. The van der Waals surface area contributed by atoms with E-state index in [1.54, 1.807) is 6.07 Å². The summed E-state index contributed by atoms with van der Waals surface area (Å²) < 4.78 is 5.32. The number of ether oxygens (including phenoxy) is 1. The van der Waals surface area contributed by atoms with Crippen molar-refractivity contribution in [1.82, 2.24) is 0 Å². The number of nitrogens with two attached hydrogens (primary N) is 1. The summed E-state index contributed by atoms with van der Waals surface area (Å²) in [4.78, 5) is 0.348. The van der Waals surface area contributed by atoms with Crippen molar-refractivity contribution in [2.24, 2.45) is 5.73 Å². The summed E-state index contributed by atoms with van der Waals surface area (Å²) in [6.07, 6.45) is 0. The molecule has 1 atom stereocenters. The van der Waals surface area contributed by atoms with Crippen LogP contribution < -0.4 is 11.1 Å². The van der Waals surface area contributed by atoms with Crippen molar-refractivity contribution >= 4 is 34.5 Å². The molecular formula is C12H17ClN2OS. The minimum absolute atomic E-state index is 0.197. The van der Waals surface area contributed by atoms with Crippen LogP contribution in [0, 0.1) is 0 Å². The lowest BCUT2D eigenvalue weighted by atomic mass is 10.2. The van der Waals surface area contributed by atoms with Crippen molar-refractivity contribution in [3.63, 3.8) is 0 Å². The van der Waals surface area contributed by atoms with Gasteiger partial charge >= 0.3 is 0 Å². The van der Waals surface area contributed by atoms with Crippen LogP contribution in [0.5, 0.6) is 0 Å². The topological polar surface area (TPSA) is 47.3 Å². The molecule has 1 unspecified atom stereocenters. The van der Waals surface area contributed by atoms with E-state index in [0.29, 0.717) is 23.2 Å². The lowest BCUT2D eigenvalue weighted by molar-refractivity contribution is 0.141. The third kappa shape index (κ3) is 4.50. The number of nitrogens with one attached hydrogen (secondary N) is 1. The van der Waals surface area contributed by atoms with Gasteiger partial charge < -0.3 is 15.8 Å². The smallest absolute Gasteiger partial charge is 0.104 e. The van der Waals surface area contributed by atoms with Crippen LogP contribution in [-0.4, -0.2) is 24.2 Å². The fourth-order valence-corrected chi connectivity index (χ4v) is 1.75. The molecule has 1 rings (SSSR count). The van der Waals surface area contributed by atoms with Gasteiger partial charge in [0.1, 0.15) is 4.99 Å². The second-order valence-electron chi connectivity index (χ2n) is 3.76. The molecule has 17 heavy (non-hydrogen) atoms. The van der Waals surface area contributed by atoms with Gasteiger partial charge in [0.25, 0.3) is 0 Å². The Morgan fingerprint density at radius 1 is 1.59 bits per heavy atom. The molecule has 1 aromatic rings. The zero-order valence-corrected chi connectivity index (χ0v) is 11.6. The van der Waals surface area contributed by atoms with Gasteiger partial charge in [-0.2, -0.15) is 0 Å². The second-order valence-corrected chi connectivity index (χ2v) is 4.61. The van der Waals surface area contributed by atoms with E-state index in [4.69, 9.17) is 34.3 Å². The SMILES string of the molecule is CCOCC(C)Nc1ccc(C(N)=S)cc1Cl. The lowest BCUT2D eigenvalue weighted by Crippen LogP contribution is -2.22. The number of hydrogen-bond acceptors (Lipinski definition) is 3. The average Bonchev–Trinajstić information content (AvgIpc) is 2.28. The van der Waals surface area contributed by atoms with Crippen LogP contribution in [0.2, 0.25) is 5.02 Å². The Kier molecular flexibility index (Phi) is 5.68. The van der Waals surface area contributed by atoms with Crippen LogP contribution in [0.4, 0.5) is 5.69 Å². The zero-order valence-electron chi connectivity index (χ0n) is 10.00. The molecule has 1 aromatic carbocycles. The first kappa shape index (κ1) is 14.2. The van der Waals surface area contributed by atoms with E-state index < -0.39 is 0 Å². The summed E-state index contributed by atoms with van der Waals surface area (Å²) in [5.74, 6) is 0. The molecule has 0 bridgehead atoms. The largest absolute Gasteiger partial charge is 0.389 e. The molecule has 0 spiro atoms. The van der Waals surface area contributed by atoms with Crippen LogP contribution in [0.15, 0.2) is 18.2 Å². The van der Waals surface area contributed by atoms with Gasteiger partial charge in [-0.25, -0.2) is 0 Å². The van der Waals surface area contributed by atoms with E-state index in [1.165, 1.54) is 0 Å². The van der Waals surface area contributed by atoms with E-state index >= 15 is 0 Å². The maximum absolute atomic E-state index is 6.13. The first-order valence-electron chi connectivity index (χ1n) is 5.48. The normalized spacial score (nSPS) is 12.2. The zero-order chi connectivity index (χ0) is 12.8. The predicted molar refractivity (Wildman–Crippen MR) is 76.9 cm³/mol. The van der Waals surface area contributed by atoms with Gasteiger partial charge in [-0.15, -0.1) is 0 Å². The van der Waals surface area contributed by atoms with Gasteiger partial charge in [0.15, 0.2) is 0 Å². The van der Waals surface area contributed by atoms with Crippen molar-refractivity contribution in [1.29, 1.82) is 0 Å². The summed E-state index contributed by atoms with van der Waals surface area (Å²) in [5.41, 5.74) is 7.16. The van der Waals surface area contributed by atoms with Gasteiger partial charge in [0.05, 0.1) is 17.3 Å². The minimum Gasteiger partial charge on any atom is -0.389 e. The van der Waals surface area contributed by atoms with Gasteiger partial charge in [-0.1, -0.05) is 23.8 Å². The standard InChI is InChI=1S/C12H17ClN2OS/c1-3-16-7-8(2)15-11-5-4-9(12(14)17)6-10(11)13/h4-6,8,15H,3,7H2,1-2H3,(H2,14,17). The molecule has 5 heteroatoms. The molecule has 3 nitrogen and oxygen atoms in total. The molecule has 0 heterocycles. The number of thiocarbonyl (C=S) groups is 1. The highest BCUT2D eigenvalue weighted by Crippen LogP contribution is 2.23. The van der Waals surface area contributed by atoms with E-state index in [0.717, 1.165) is 11.3 Å². The molecule has 0 radical (unpaired) electrons. The van der Waals surface area contributed by atoms with Crippen LogP contribution >= 0.6 is 23.8 Å². The molecule has 0 fully saturated rings. The van der Waals surface area contributed by atoms with E-state index in [9.17, 15) is 0 Å². The predicted octanol–water partition coefficient (Wildman–Crippen LogP) is 2.81. The third-order valence-electron chi connectivity index (χ3n) is 2.23. The Balaban J connectivity index is 2.69. The Labute approximate surface area is 112 Å². The van der Waals surface area contributed by atoms with E-state index in [1.807, 2.05) is 26.0 Å². The van der Waals surface area contributed by atoms with Crippen molar-refractivity contribution in [2.45, 2.75) is 19.9 Å². The molecule has 0 aliphatic rings. The molecular weight excluding hydrogens is 256 g/mol. The monoisotopic (exact) mass is 272 g/mol. The fraction of sp³-hybridized carbons (Fsp3) is 0.417. The highest BCUT2D eigenvalue weighted by atomic mass is 35.5. The number of benzene rings is 1. The molecule has 94 valence electrons. The summed E-state index contributed by atoms with van der Waals surface area (Å²) in [7, 11) is 0. The Morgan fingerprint density at radius 2 is 2.29 bits per heavy atom. The highest BCUT2D eigenvalue weighted by molar-refractivity contribution is 7.80. The average molecular weight is 273 g/mol. The Bertz CT molecular complexity index is 398. The fourth-order valence-electron chi connectivity index (χ4n) is 1.39. The summed E-state index contributed by atoms with van der Waals surface area (Å²) in [6, 6.07) is 5.69. The minimum atomic E-state index is 0.197. The van der Waals surface area contributed by atoms with Crippen molar-refractivity contribution in [2.75, 3.05) is 18.5 Å². The first-order chi connectivity index (χ1) is 8.04. The van der Waals surface area contributed by atoms with E-state index in [-0.39, 0.29) is 6.04 Å². The van der Waals surface area contributed by atoms with Gasteiger partial charge in [0.2, 0.25) is 0 Å². The highest BCUT2D eigenvalue weighted by Gasteiger charge is 2.07. The molecule has 0 saturated carbocycles. The molecule has 3 N–H and O–H groups in total. The van der Waals surface area contributed by atoms with Crippen LogP contribution in [0.25, 0.3) is 0 Å². The lowest BCUT2D eigenvalue weighted by Gasteiger charge is -2.16. The number of hydrogen-bond donors (Lipinski definition) is 2. The summed E-state index contributed by atoms with van der Waals surface area (Å²) in [6.45, 7) is 5.36. The molecule has 0 amide bonds. The third-order valence-corrected chi connectivity index (χ3v) is 2.78.